The van der Waals surface area contributed by atoms with E-state index in [0.717, 1.165) is 12.5 Å². The van der Waals surface area contributed by atoms with Gasteiger partial charge >= 0.3 is 0 Å². The molecule has 0 radical (unpaired) electrons. The van der Waals surface area contributed by atoms with Crippen LogP contribution in [0.4, 0.5) is 0 Å². The number of nitrogens with zero attached hydrogens (tertiary/aromatic N) is 1. The van der Waals surface area contributed by atoms with Gasteiger partial charge in [-0.15, -0.1) is 0 Å². The van der Waals surface area contributed by atoms with Crippen molar-refractivity contribution >= 4 is 0 Å². The highest BCUT2D eigenvalue weighted by Crippen LogP contribution is 2.45. The molecular formula is C21H31NO. The van der Waals surface area contributed by atoms with Crippen molar-refractivity contribution in [3.63, 3.8) is 0 Å². The van der Waals surface area contributed by atoms with Gasteiger partial charge in [0.2, 0.25) is 0 Å². The van der Waals surface area contributed by atoms with Crippen LogP contribution in [-0.2, 0) is 11.3 Å². The molecule has 1 aliphatic carbocycles. The van der Waals surface area contributed by atoms with Crippen LogP contribution in [0, 0.1) is 11.8 Å². The Kier molecular flexibility index (Phi) is 4.93. The van der Waals surface area contributed by atoms with Crippen LogP contribution >= 0.6 is 0 Å². The van der Waals surface area contributed by atoms with E-state index in [2.05, 4.69) is 75.1 Å². The second-order valence-electron chi connectivity index (χ2n) is 7.88. The Morgan fingerprint density at radius 1 is 1.22 bits per heavy atom. The van der Waals surface area contributed by atoms with Crippen molar-refractivity contribution in [3.05, 3.63) is 48.0 Å². The maximum atomic E-state index is 6.56. The highest BCUT2D eigenvalue weighted by atomic mass is 16.5. The molecule has 2 heteroatoms. The standard InChI is InChI=1S/C21H31NO/c1-5-9-20-22(15-17-10-7-6-8-11-17)21(3,4)18-13-12-16(2)14-19(18)23-20/h5-11,16,18-20H,12-15H2,1-4H3/b9-5+/t16-,18-,19-,20+/m1/s1. The Balaban J connectivity index is 1.88. The molecule has 0 N–H and O–H groups in total. The zero-order valence-electron chi connectivity index (χ0n) is 15.0. The molecule has 0 amide bonds. The van der Waals surface area contributed by atoms with Crippen LogP contribution in [0.15, 0.2) is 42.5 Å². The van der Waals surface area contributed by atoms with Crippen LogP contribution in [0.25, 0.3) is 0 Å². The minimum absolute atomic E-state index is 0.0850. The minimum atomic E-state index is 0.0850. The molecular weight excluding hydrogens is 282 g/mol. The first kappa shape index (κ1) is 16.7. The third-order valence-corrected chi connectivity index (χ3v) is 5.88. The van der Waals surface area contributed by atoms with Crippen molar-refractivity contribution < 1.29 is 4.74 Å². The molecule has 0 spiro atoms. The Morgan fingerprint density at radius 2 is 1.96 bits per heavy atom. The van der Waals surface area contributed by atoms with Crippen molar-refractivity contribution in [2.75, 3.05) is 0 Å². The molecule has 1 saturated heterocycles. The van der Waals surface area contributed by atoms with Crippen LogP contribution in [0.5, 0.6) is 0 Å². The van der Waals surface area contributed by atoms with Crippen LogP contribution in [-0.4, -0.2) is 22.8 Å². The first-order valence-corrected chi connectivity index (χ1v) is 9.11. The third-order valence-electron chi connectivity index (χ3n) is 5.88. The van der Waals surface area contributed by atoms with Gasteiger partial charge in [0, 0.05) is 18.0 Å². The third kappa shape index (κ3) is 3.39. The molecule has 23 heavy (non-hydrogen) atoms. The van der Waals surface area contributed by atoms with Crippen LogP contribution in [0.2, 0.25) is 0 Å². The molecule has 1 aromatic carbocycles. The lowest BCUT2D eigenvalue weighted by Crippen LogP contribution is -2.63. The minimum Gasteiger partial charge on any atom is -0.356 e. The fourth-order valence-electron chi connectivity index (χ4n) is 4.47. The van der Waals surface area contributed by atoms with Crippen molar-refractivity contribution in [3.8, 4) is 0 Å². The number of hydrogen-bond donors (Lipinski definition) is 0. The summed E-state index contributed by atoms with van der Waals surface area (Å²) in [6.45, 7) is 10.2. The monoisotopic (exact) mass is 313 g/mol. The van der Waals surface area contributed by atoms with Crippen molar-refractivity contribution in [2.24, 2.45) is 11.8 Å². The first-order chi connectivity index (χ1) is 11.0. The van der Waals surface area contributed by atoms with Crippen molar-refractivity contribution in [1.82, 2.24) is 4.90 Å². The Hall–Kier alpha value is -1.12. The fourth-order valence-corrected chi connectivity index (χ4v) is 4.47. The summed E-state index contributed by atoms with van der Waals surface area (Å²) in [7, 11) is 0. The number of ether oxygens (including phenoxy) is 1. The summed E-state index contributed by atoms with van der Waals surface area (Å²) in [5.74, 6) is 1.42. The molecule has 126 valence electrons. The molecule has 1 aromatic rings. The highest BCUT2D eigenvalue weighted by Gasteiger charge is 2.49. The van der Waals surface area contributed by atoms with E-state index < -0.39 is 0 Å². The average molecular weight is 313 g/mol. The summed E-state index contributed by atoms with van der Waals surface area (Å²) in [6, 6.07) is 10.8. The summed E-state index contributed by atoms with van der Waals surface area (Å²) < 4.78 is 6.56. The quantitative estimate of drug-likeness (QED) is 0.728. The van der Waals surface area contributed by atoms with Gasteiger partial charge in [0.1, 0.15) is 6.23 Å². The topological polar surface area (TPSA) is 12.5 Å². The predicted octanol–water partition coefficient (Wildman–Crippen LogP) is 5.00. The zero-order chi connectivity index (χ0) is 16.4. The number of benzene rings is 1. The Morgan fingerprint density at radius 3 is 2.65 bits per heavy atom. The lowest BCUT2D eigenvalue weighted by Gasteiger charge is -2.57. The molecule has 2 aliphatic rings. The van der Waals surface area contributed by atoms with Gasteiger partial charge in [-0.2, -0.15) is 0 Å². The molecule has 3 rings (SSSR count). The molecule has 1 saturated carbocycles. The van der Waals surface area contributed by atoms with Crippen LogP contribution < -0.4 is 0 Å². The summed E-state index contributed by atoms with van der Waals surface area (Å²) in [4.78, 5) is 2.56. The maximum absolute atomic E-state index is 6.56. The fraction of sp³-hybridized carbons (Fsp3) is 0.619. The second kappa shape index (κ2) is 6.78. The van der Waals surface area contributed by atoms with Gasteiger partial charge in [0.15, 0.2) is 0 Å². The molecule has 2 fully saturated rings. The highest BCUT2D eigenvalue weighted by molar-refractivity contribution is 5.16. The van der Waals surface area contributed by atoms with Crippen molar-refractivity contribution in [1.29, 1.82) is 0 Å². The van der Waals surface area contributed by atoms with E-state index in [1.54, 1.807) is 0 Å². The van der Waals surface area contributed by atoms with Gasteiger partial charge in [-0.05, 0) is 51.2 Å². The zero-order valence-corrected chi connectivity index (χ0v) is 15.0. The van der Waals surface area contributed by atoms with Gasteiger partial charge in [-0.3, -0.25) is 4.90 Å². The molecule has 0 bridgehead atoms. The van der Waals surface area contributed by atoms with Gasteiger partial charge in [-0.25, -0.2) is 0 Å². The number of allylic oxidation sites excluding steroid dienone is 1. The SMILES string of the molecule is C/C=C/[C@@H]1O[C@@H]2C[C@H](C)CC[C@H]2C(C)(C)N1Cc1ccccc1. The summed E-state index contributed by atoms with van der Waals surface area (Å²) in [5.41, 5.74) is 1.52. The van der Waals surface area contributed by atoms with E-state index in [9.17, 15) is 0 Å². The molecule has 1 heterocycles. The second-order valence-corrected chi connectivity index (χ2v) is 7.88. The predicted molar refractivity (Wildman–Crippen MR) is 96.0 cm³/mol. The van der Waals surface area contributed by atoms with Crippen molar-refractivity contribution in [2.45, 2.75) is 71.4 Å². The molecule has 4 atom stereocenters. The molecule has 2 nitrogen and oxygen atoms in total. The normalized spacial score (nSPS) is 34.4. The lowest BCUT2D eigenvalue weighted by molar-refractivity contribution is -0.219. The Bertz CT molecular complexity index is 536. The van der Waals surface area contributed by atoms with Gasteiger partial charge in [-0.1, -0.05) is 49.8 Å². The maximum Gasteiger partial charge on any atom is 0.130 e. The lowest BCUT2D eigenvalue weighted by atomic mass is 9.69. The molecule has 0 unspecified atom stereocenters. The smallest absolute Gasteiger partial charge is 0.130 e. The number of fused-ring (bicyclic) bond motifs is 1. The summed E-state index contributed by atoms with van der Waals surface area (Å²) in [6.07, 6.45) is 8.67. The van der Waals surface area contributed by atoms with E-state index >= 15 is 0 Å². The van der Waals surface area contributed by atoms with Crippen LogP contribution in [0.1, 0.15) is 52.5 Å². The van der Waals surface area contributed by atoms with E-state index in [4.69, 9.17) is 4.74 Å². The van der Waals surface area contributed by atoms with E-state index in [0.29, 0.717) is 12.0 Å². The summed E-state index contributed by atoms with van der Waals surface area (Å²) >= 11 is 0. The van der Waals surface area contributed by atoms with E-state index in [1.165, 1.54) is 24.8 Å². The Labute approximate surface area is 141 Å². The number of hydrogen-bond acceptors (Lipinski definition) is 2. The first-order valence-electron chi connectivity index (χ1n) is 9.11. The van der Waals surface area contributed by atoms with E-state index in [-0.39, 0.29) is 11.8 Å². The summed E-state index contributed by atoms with van der Waals surface area (Å²) in [5, 5.41) is 0. The van der Waals surface area contributed by atoms with Gasteiger partial charge < -0.3 is 4.74 Å². The molecule has 1 aliphatic heterocycles. The van der Waals surface area contributed by atoms with E-state index in [1.807, 2.05) is 0 Å². The average Bonchev–Trinajstić information content (AvgIpc) is 2.52. The molecule has 0 aromatic heterocycles. The van der Waals surface area contributed by atoms with Gasteiger partial charge in [0.05, 0.1) is 6.10 Å². The van der Waals surface area contributed by atoms with Crippen LogP contribution in [0.3, 0.4) is 0 Å². The number of rotatable bonds is 3. The van der Waals surface area contributed by atoms with Gasteiger partial charge in [0.25, 0.3) is 0 Å². The largest absolute Gasteiger partial charge is 0.356 e.